The van der Waals surface area contributed by atoms with Crippen LogP contribution in [-0.2, 0) is 0 Å². The highest BCUT2D eigenvalue weighted by atomic mass is 16.1. The maximum absolute atomic E-state index is 11.0. The van der Waals surface area contributed by atoms with E-state index in [1.54, 1.807) is 36.4 Å². The van der Waals surface area contributed by atoms with E-state index < -0.39 is 0 Å². The van der Waals surface area contributed by atoms with Crippen LogP contribution in [0.3, 0.4) is 0 Å². The van der Waals surface area contributed by atoms with Crippen LogP contribution in [0.2, 0.25) is 0 Å². The quantitative estimate of drug-likeness (QED) is 0.498. The van der Waals surface area contributed by atoms with Crippen molar-refractivity contribution >= 4 is 12.6 Å². The average Bonchev–Trinajstić information content (AvgIpc) is 2.79. The van der Waals surface area contributed by atoms with E-state index in [0.29, 0.717) is 58.1 Å². The fraction of sp³-hybridized carbons (Fsp3) is 0. The van der Waals surface area contributed by atoms with Crippen molar-refractivity contribution in [3.8, 4) is 34.2 Å². The van der Waals surface area contributed by atoms with Crippen LogP contribution in [0, 0.1) is 0 Å². The van der Waals surface area contributed by atoms with Gasteiger partial charge in [-0.2, -0.15) is 0 Å². The zero-order valence-electron chi connectivity index (χ0n) is 14.7. The van der Waals surface area contributed by atoms with Crippen molar-refractivity contribution in [2.24, 2.45) is 0 Å². The van der Waals surface area contributed by atoms with Gasteiger partial charge in [0.2, 0.25) is 0 Å². The molecule has 0 unspecified atom stereocenters. The Morgan fingerprint density at radius 2 is 0.714 bits per heavy atom. The highest BCUT2D eigenvalue weighted by Gasteiger charge is 2.09. The first-order valence-electron chi connectivity index (χ1n) is 8.56. The summed E-state index contributed by atoms with van der Waals surface area (Å²) in [7, 11) is 0. The van der Waals surface area contributed by atoms with Crippen molar-refractivity contribution in [2.45, 2.75) is 0 Å². The van der Waals surface area contributed by atoms with Gasteiger partial charge in [-0.15, -0.1) is 0 Å². The molecule has 6 heteroatoms. The summed E-state index contributed by atoms with van der Waals surface area (Å²) in [5.74, 6) is 0. The minimum atomic E-state index is 0.353. The monoisotopic (exact) mass is 366 g/mol. The van der Waals surface area contributed by atoms with Gasteiger partial charge in [0.15, 0.2) is 12.6 Å². The van der Waals surface area contributed by atoms with E-state index in [9.17, 15) is 9.59 Å². The molecule has 134 valence electrons. The lowest BCUT2D eigenvalue weighted by molar-refractivity contribution is 0.111. The number of aldehydes is 2. The molecule has 0 amide bonds. The maximum Gasteiger partial charge on any atom is 0.168 e. The highest BCUT2D eigenvalue weighted by Crippen LogP contribution is 2.23. The number of carbonyl (C=O) groups is 2. The van der Waals surface area contributed by atoms with Gasteiger partial charge in [0.25, 0.3) is 0 Å². The van der Waals surface area contributed by atoms with Crippen LogP contribution in [0.1, 0.15) is 21.0 Å². The summed E-state index contributed by atoms with van der Waals surface area (Å²) < 4.78 is 0. The van der Waals surface area contributed by atoms with E-state index in [1.165, 1.54) is 0 Å². The van der Waals surface area contributed by atoms with Gasteiger partial charge in [-0.25, -0.2) is 19.9 Å². The summed E-state index contributed by atoms with van der Waals surface area (Å²) in [6.07, 6.45) is 1.41. The van der Waals surface area contributed by atoms with Gasteiger partial charge in [0, 0.05) is 0 Å². The summed E-state index contributed by atoms with van der Waals surface area (Å²) in [5, 5.41) is 0. The topological polar surface area (TPSA) is 85.7 Å². The second-order valence-corrected chi connectivity index (χ2v) is 5.95. The van der Waals surface area contributed by atoms with Crippen molar-refractivity contribution in [1.82, 2.24) is 19.9 Å². The van der Waals surface area contributed by atoms with Gasteiger partial charge in [0.05, 0.1) is 34.2 Å². The van der Waals surface area contributed by atoms with Gasteiger partial charge in [-0.05, 0) is 48.5 Å². The van der Waals surface area contributed by atoms with Crippen molar-refractivity contribution in [1.29, 1.82) is 0 Å². The van der Waals surface area contributed by atoms with Gasteiger partial charge >= 0.3 is 0 Å². The summed E-state index contributed by atoms with van der Waals surface area (Å²) in [6.45, 7) is 0. The molecule has 0 saturated carbocycles. The predicted octanol–water partition coefficient (Wildman–Crippen LogP) is 3.89. The fourth-order valence-corrected chi connectivity index (χ4v) is 2.76. The lowest BCUT2D eigenvalue weighted by Gasteiger charge is -2.06. The number of hydrogen-bond acceptors (Lipinski definition) is 6. The Hall–Kier alpha value is -4.06. The molecule has 28 heavy (non-hydrogen) atoms. The van der Waals surface area contributed by atoms with Crippen molar-refractivity contribution in [2.75, 3.05) is 0 Å². The molecular weight excluding hydrogens is 352 g/mol. The molecule has 4 aromatic rings. The zero-order chi connectivity index (χ0) is 19.3. The van der Waals surface area contributed by atoms with Crippen LogP contribution in [0.25, 0.3) is 34.2 Å². The molecule has 4 heterocycles. The number of pyridine rings is 4. The zero-order valence-corrected chi connectivity index (χ0v) is 14.7. The molecular formula is C22H14N4O2. The molecule has 0 fully saturated rings. The Balaban J connectivity index is 1.73. The molecule has 0 bridgehead atoms. The molecule has 0 saturated heterocycles. The van der Waals surface area contributed by atoms with E-state index >= 15 is 0 Å². The van der Waals surface area contributed by atoms with Crippen LogP contribution in [-0.4, -0.2) is 32.5 Å². The van der Waals surface area contributed by atoms with Crippen molar-refractivity contribution in [3.05, 3.63) is 84.2 Å². The average molecular weight is 366 g/mol. The Kier molecular flexibility index (Phi) is 4.76. The van der Waals surface area contributed by atoms with Gasteiger partial charge in [-0.3, -0.25) is 9.59 Å². The third kappa shape index (κ3) is 3.57. The molecule has 0 aliphatic heterocycles. The summed E-state index contributed by atoms with van der Waals surface area (Å²) >= 11 is 0. The third-order valence-corrected chi connectivity index (χ3v) is 4.07. The molecule has 6 nitrogen and oxygen atoms in total. The van der Waals surface area contributed by atoms with E-state index in [4.69, 9.17) is 0 Å². The van der Waals surface area contributed by atoms with Crippen LogP contribution in [0.5, 0.6) is 0 Å². The molecule has 0 aromatic carbocycles. The molecule has 0 aliphatic rings. The van der Waals surface area contributed by atoms with E-state index in [1.807, 2.05) is 36.4 Å². The van der Waals surface area contributed by atoms with Crippen molar-refractivity contribution in [3.63, 3.8) is 0 Å². The number of hydrogen-bond donors (Lipinski definition) is 0. The van der Waals surface area contributed by atoms with E-state index in [0.717, 1.165) is 0 Å². The summed E-state index contributed by atoms with van der Waals surface area (Å²) in [6, 6.07) is 21.5. The lowest BCUT2D eigenvalue weighted by Crippen LogP contribution is -1.96. The lowest BCUT2D eigenvalue weighted by atomic mass is 10.1. The molecule has 4 aromatic heterocycles. The largest absolute Gasteiger partial charge is 0.296 e. The highest BCUT2D eigenvalue weighted by molar-refractivity contribution is 5.74. The minimum absolute atomic E-state index is 0.353. The van der Waals surface area contributed by atoms with Crippen LogP contribution < -0.4 is 0 Å². The smallest absolute Gasteiger partial charge is 0.168 e. The molecule has 0 radical (unpaired) electrons. The summed E-state index contributed by atoms with van der Waals surface area (Å²) in [4.78, 5) is 39.8. The minimum Gasteiger partial charge on any atom is -0.296 e. The maximum atomic E-state index is 11.0. The molecule has 0 aliphatic carbocycles. The third-order valence-electron chi connectivity index (χ3n) is 4.07. The standard InChI is InChI=1S/C22H14N4O2/c27-13-15-5-1-7-17(23-15)19-9-3-11-21(25-19)22-12-4-10-20(26-22)18-8-2-6-16(14-28)24-18/h1-14H. The molecule has 0 N–H and O–H groups in total. The predicted molar refractivity (Wildman–Crippen MR) is 105 cm³/mol. The molecule has 4 rings (SSSR count). The number of rotatable bonds is 5. The Labute approximate surface area is 161 Å². The number of nitrogens with zero attached hydrogens (tertiary/aromatic N) is 4. The van der Waals surface area contributed by atoms with Gasteiger partial charge < -0.3 is 0 Å². The molecule has 0 atom stereocenters. The SMILES string of the molecule is O=Cc1cccc(-c2cccc(-c3cccc(-c4cccc(C=O)n4)n3)n2)n1. The Morgan fingerprint density at radius 3 is 1.04 bits per heavy atom. The van der Waals surface area contributed by atoms with Gasteiger partial charge in [0.1, 0.15) is 11.4 Å². The number of carbonyl (C=O) groups excluding carboxylic acids is 2. The van der Waals surface area contributed by atoms with Crippen LogP contribution in [0.4, 0.5) is 0 Å². The Bertz CT molecular complexity index is 1080. The number of aromatic nitrogens is 4. The first-order valence-corrected chi connectivity index (χ1v) is 8.56. The second kappa shape index (κ2) is 7.67. The Morgan fingerprint density at radius 1 is 0.429 bits per heavy atom. The first-order chi connectivity index (χ1) is 13.8. The van der Waals surface area contributed by atoms with E-state index in [2.05, 4.69) is 19.9 Å². The summed E-state index contributed by atoms with van der Waals surface area (Å²) in [5.41, 5.74) is 4.57. The second-order valence-electron chi connectivity index (χ2n) is 5.95. The normalized spacial score (nSPS) is 10.4. The fourth-order valence-electron chi connectivity index (χ4n) is 2.76. The van der Waals surface area contributed by atoms with Gasteiger partial charge in [-0.1, -0.05) is 24.3 Å². The first kappa shape index (κ1) is 17.4. The van der Waals surface area contributed by atoms with Crippen LogP contribution in [0.15, 0.2) is 72.8 Å². The van der Waals surface area contributed by atoms with Crippen molar-refractivity contribution < 1.29 is 9.59 Å². The van der Waals surface area contributed by atoms with Crippen LogP contribution >= 0.6 is 0 Å². The van der Waals surface area contributed by atoms with E-state index in [-0.39, 0.29) is 0 Å². The molecule has 0 spiro atoms.